The molecule has 1 aromatic heterocycles. The third kappa shape index (κ3) is 3.55. The van der Waals surface area contributed by atoms with Gasteiger partial charge in [0, 0.05) is 23.7 Å². The summed E-state index contributed by atoms with van der Waals surface area (Å²) in [4.78, 5) is 27.5. The number of amides is 1. The molecule has 26 heavy (non-hydrogen) atoms. The third-order valence-electron chi connectivity index (χ3n) is 3.54. The summed E-state index contributed by atoms with van der Waals surface area (Å²) >= 11 is 13.3. The summed E-state index contributed by atoms with van der Waals surface area (Å²) in [5.74, 6) is -0.658. The van der Waals surface area contributed by atoms with Gasteiger partial charge >= 0.3 is 0 Å². The highest BCUT2D eigenvalue weighted by molar-refractivity contribution is 7.16. The van der Waals surface area contributed by atoms with Gasteiger partial charge in [0.25, 0.3) is 11.6 Å². The van der Waals surface area contributed by atoms with Gasteiger partial charge in [-0.1, -0.05) is 40.6 Å². The summed E-state index contributed by atoms with van der Waals surface area (Å²) in [6.07, 6.45) is 1.69. The van der Waals surface area contributed by atoms with Gasteiger partial charge in [-0.15, -0.1) is 6.58 Å². The van der Waals surface area contributed by atoms with Crippen LogP contribution in [0.1, 0.15) is 10.4 Å². The van der Waals surface area contributed by atoms with Gasteiger partial charge in [-0.3, -0.25) is 14.9 Å². The fraction of sp³-hybridized carbons (Fsp3) is 0.0588. The number of carbonyl (C=O) groups is 1. The van der Waals surface area contributed by atoms with Crippen LogP contribution in [-0.2, 0) is 6.54 Å². The lowest BCUT2D eigenvalue weighted by atomic mass is 10.2. The third-order valence-corrected chi connectivity index (χ3v) is 5.15. The number of nitro benzene ring substituents is 1. The highest BCUT2D eigenvalue weighted by atomic mass is 35.5. The topological polar surface area (TPSA) is 77.5 Å². The Kier molecular flexibility index (Phi) is 5.22. The van der Waals surface area contributed by atoms with Crippen molar-refractivity contribution in [3.63, 3.8) is 0 Å². The lowest BCUT2D eigenvalue weighted by Crippen LogP contribution is -2.16. The van der Waals surface area contributed by atoms with E-state index in [4.69, 9.17) is 23.2 Å². The average Bonchev–Trinajstić information content (AvgIpc) is 2.91. The number of nitro groups is 1. The number of rotatable bonds is 4. The summed E-state index contributed by atoms with van der Waals surface area (Å²) in [5, 5.41) is 11.6. The van der Waals surface area contributed by atoms with Crippen molar-refractivity contribution in [2.75, 3.05) is 0 Å². The van der Waals surface area contributed by atoms with Crippen molar-refractivity contribution < 1.29 is 9.72 Å². The first-order valence-corrected chi connectivity index (χ1v) is 8.90. The number of benzene rings is 2. The van der Waals surface area contributed by atoms with Crippen molar-refractivity contribution in [3.8, 4) is 0 Å². The number of halogens is 2. The average molecular weight is 408 g/mol. The molecule has 1 heterocycles. The normalized spacial score (nSPS) is 11.7. The molecule has 3 aromatic rings. The van der Waals surface area contributed by atoms with E-state index >= 15 is 0 Å². The van der Waals surface area contributed by atoms with E-state index in [9.17, 15) is 14.9 Å². The molecule has 2 aromatic carbocycles. The van der Waals surface area contributed by atoms with E-state index in [0.717, 1.165) is 16.3 Å². The molecule has 1 amide bonds. The van der Waals surface area contributed by atoms with Crippen LogP contribution in [0.25, 0.3) is 10.2 Å². The maximum absolute atomic E-state index is 12.6. The Morgan fingerprint density at radius 2 is 2.08 bits per heavy atom. The van der Waals surface area contributed by atoms with Crippen LogP contribution >= 0.6 is 34.5 Å². The molecule has 0 fully saturated rings. The van der Waals surface area contributed by atoms with E-state index in [0.29, 0.717) is 16.4 Å². The van der Waals surface area contributed by atoms with E-state index in [1.807, 2.05) is 10.6 Å². The fourth-order valence-electron chi connectivity index (χ4n) is 2.38. The highest BCUT2D eigenvalue weighted by Gasteiger charge is 2.16. The highest BCUT2D eigenvalue weighted by Crippen LogP contribution is 2.24. The standard InChI is InChI=1S/C17H11Cl2N3O3S/c1-2-7-21-14-6-3-10(18)8-15(14)26-17(21)20-16(23)12-9-11(22(24)25)4-5-13(12)19/h2-6,8-9H,1,7H2. The van der Waals surface area contributed by atoms with Crippen molar-refractivity contribution in [1.29, 1.82) is 0 Å². The minimum Gasteiger partial charge on any atom is -0.312 e. The zero-order valence-corrected chi connectivity index (χ0v) is 15.5. The Balaban J connectivity index is 2.17. The van der Waals surface area contributed by atoms with E-state index in [-0.39, 0.29) is 16.3 Å². The molecule has 0 saturated carbocycles. The number of carbonyl (C=O) groups excluding carboxylic acids is 1. The van der Waals surface area contributed by atoms with Gasteiger partial charge in [0.1, 0.15) is 0 Å². The van der Waals surface area contributed by atoms with Gasteiger partial charge in [0.05, 0.1) is 25.7 Å². The molecule has 0 radical (unpaired) electrons. The fourth-order valence-corrected chi connectivity index (χ4v) is 3.89. The number of non-ortho nitro benzene ring substituents is 1. The summed E-state index contributed by atoms with van der Waals surface area (Å²) < 4.78 is 2.67. The number of nitrogens with zero attached hydrogens (tertiary/aromatic N) is 3. The number of hydrogen-bond acceptors (Lipinski definition) is 4. The molecular weight excluding hydrogens is 397 g/mol. The maximum atomic E-state index is 12.6. The van der Waals surface area contributed by atoms with E-state index in [2.05, 4.69) is 11.6 Å². The van der Waals surface area contributed by atoms with Crippen LogP contribution in [-0.4, -0.2) is 15.4 Å². The summed E-state index contributed by atoms with van der Waals surface area (Å²) in [6.45, 7) is 4.16. The van der Waals surface area contributed by atoms with Crippen LogP contribution in [0.15, 0.2) is 54.0 Å². The number of allylic oxidation sites excluding steroid dienone is 1. The van der Waals surface area contributed by atoms with E-state index < -0.39 is 10.8 Å². The molecule has 3 rings (SSSR count). The Labute approximate surface area is 161 Å². The van der Waals surface area contributed by atoms with Gasteiger partial charge < -0.3 is 4.57 Å². The van der Waals surface area contributed by atoms with Gasteiger partial charge in [-0.05, 0) is 24.3 Å². The van der Waals surface area contributed by atoms with Gasteiger partial charge in [0.15, 0.2) is 4.80 Å². The molecule has 0 aliphatic carbocycles. The molecule has 0 atom stereocenters. The number of fused-ring (bicyclic) bond motifs is 1. The first kappa shape index (κ1) is 18.3. The van der Waals surface area contributed by atoms with Crippen molar-refractivity contribution in [3.05, 3.63) is 79.6 Å². The molecule has 0 bridgehead atoms. The SMILES string of the molecule is C=CCn1c(=NC(=O)c2cc([N+](=O)[O-])ccc2Cl)sc2cc(Cl)ccc21. The maximum Gasteiger partial charge on any atom is 0.281 e. The molecule has 0 unspecified atom stereocenters. The van der Waals surface area contributed by atoms with Crippen molar-refractivity contribution in [1.82, 2.24) is 4.57 Å². The lowest BCUT2D eigenvalue weighted by molar-refractivity contribution is -0.384. The minimum absolute atomic E-state index is 0.0264. The molecule has 0 aliphatic rings. The largest absolute Gasteiger partial charge is 0.312 e. The quantitative estimate of drug-likeness (QED) is 0.352. The molecule has 0 spiro atoms. The van der Waals surface area contributed by atoms with Crippen molar-refractivity contribution >= 4 is 56.3 Å². The second-order valence-corrected chi connectivity index (χ2v) is 7.09. The monoisotopic (exact) mass is 407 g/mol. The first-order valence-electron chi connectivity index (χ1n) is 7.33. The first-order chi connectivity index (χ1) is 12.4. The zero-order valence-electron chi connectivity index (χ0n) is 13.2. The Morgan fingerprint density at radius 3 is 2.77 bits per heavy atom. The van der Waals surface area contributed by atoms with Crippen LogP contribution in [0, 0.1) is 10.1 Å². The van der Waals surface area contributed by atoms with E-state index in [1.54, 1.807) is 18.2 Å². The van der Waals surface area contributed by atoms with Crippen LogP contribution < -0.4 is 4.80 Å². The van der Waals surface area contributed by atoms with Crippen LogP contribution in [0.3, 0.4) is 0 Å². The van der Waals surface area contributed by atoms with Crippen LogP contribution in [0.5, 0.6) is 0 Å². The number of aromatic nitrogens is 1. The Morgan fingerprint density at radius 1 is 1.31 bits per heavy atom. The molecule has 0 saturated heterocycles. The van der Waals surface area contributed by atoms with Gasteiger partial charge in [-0.25, -0.2) is 0 Å². The second kappa shape index (κ2) is 7.41. The van der Waals surface area contributed by atoms with Crippen LogP contribution in [0.4, 0.5) is 5.69 Å². The summed E-state index contributed by atoms with van der Waals surface area (Å²) in [6, 6.07) is 9.03. The molecular formula is C17H11Cl2N3O3S. The molecule has 0 N–H and O–H groups in total. The predicted molar refractivity (Wildman–Crippen MR) is 103 cm³/mol. The minimum atomic E-state index is -0.658. The zero-order chi connectivity index (χ0) is 18.8. The number of hydrogen-bond donors (Lipinski definition) is 0. The predicted octanol–water partition coefficient (Wildman–Crippen LogP) is 4.84. The Hall–Kier alpha value is -2.48. The molecule has 6 nitrogen and oxygen atoms in total. The van der Waals surface area contributed by atoms with E-state index in [1.165, 1.54) is 23.5 Å². The molecule has 0 aliphatic heterocycles. The Bertz CT molecular complexity index is 1120. The smallest absolute Gasteiger partial charge is 0.281 e. The van der Waals surface area contributed by atoms with Crippen LogP contribution in [0.2, 0.25) is 10.0 Å². The molecule has 9 heteroatoms. The van der Waals surface area contributed by atoms with Gasteiger partial charge in [0.2, 0.25) is 0 Å². The molecule has 132 valence electrons. The second-order valence-electron chi connectivity index (χ2n) is 5.23. The summed E-state index contributed by atoms with van der Waals surface area (Å²) in [7, 11) is 0. The lowest BCUT2D eigenvalue weighted by Gasteiger charge is -2.02. The van der Waals surface area contributed by atoms with Crippen molar-refractivity contribution in [2.45, 2.75) is 6.54 Å². The van der Waals surface area contributed by atoms with Gasteiger partial charge in [-0.2, -0.15) is 4.99 Å². The van der Waals surface area contributed by atoms with Crippen molar-refractivity contribution in [2.24, 2.45) is 4.99 Å². The number of thiazole rings is 1. The summed E-state index contributed by atoms with van der Waals surface area (Å²) in [5.41, 5.74) is 0.604.